The van der Waals surface area contributed by atoms with Gasteiger partial charge in [0.25, 0.3) is 0 Å². The number of para-hydroxylation sites is 1. The molecule has 1 unspecified atom stereocenters. The number of aliphatic hydroxyl groups excluding tert-OH is 1. The molecule has 5 nitrogen and oxygen atoms in total. The summed E-state index contributed by atoms with van der Waals surface area (Å²) >= 11 is 0. The van der Waals surface area contributed by atoms with Crippen LogP contribution in [0.15, 0.2) is 30.5 Å². The van der Waals surface area contributed by atoms with E-state index in [2.05, 4.69) is 9.88 Å². The summed E-state index contributed by atoms with van der Waals surface area (Å²) in [6, 6.07) is 7.89. The number of hydrogen-bond donors (Lipinski definition) is 3. The van der Waals surface area contributed by atoms with Crippen LogP contribution in [0, 0.1) is 11.3 Å². The van der Waals surface area contributed by atoms with Crippen molar-refractivity contribution in [2.24, 2.45) is 11.7 Å². The third-order valence-electron chi connectivity index (χ3n) is 3.90. The number of nitrogens with one attached hydrogen (secondary N) is 1. The molecular weight excluding hydrogens is 252 g/mol. The van der Waals surface area contributed by atoms with E-state index >= 15 is 0 Å². The highest BCUT2D eigenvalue weighted by Crippen LogP contribution is 2.33. The number of nitrogen functional groups attached to an aromatic ring is 1. The van der Waals surface area contributed by atoms with Crippen LogP contribution in [-0.2, 0) is 0 Å². The monoisotopic (exact) mass is 270 g/mol. The van der Waals surface area contributed by atoms with Crippen molar-refractivity contribution < 1.29 is 5.11 Å². The summed E-state index contributed by atoms with van der Waals surface area (Å²) in [6.45, 7) is 1.87. The van der Waals surface area contributed by atoms with E-state index in [4.69, 9.17) is 11.1 Å². The van der Waals surface area contributed by atoms with Crippen molar-refractivity contribution in [3.8, 4) is 0 Å². The maximum Gasteiger partial charge on any atom is 0.126 e. The summed E-state index contributed by atoms with van der Waals surface area (Å²) in [4.78, 5) is 6.59. The number of benzene rings is 1. The van der Waals surface area contributed by atoms with Crippen molar-refractivity contribution in [1.29, 1.82) is 5.41 Å². The average molecular weight is 270 g/mol. The predicted octanol–water partition coefficient (Wildman–Crippen LogP) is 1.34. The SMILES string of the molecule is N=C(N)c1cnc2ccccc2c1N1CCC(CO)C1. The second kappa shape index (κ2) is 5.09. The minimum absolute atomic E-state index is 0.0331. The van der Waals surface area contributed by atoms with Gasteiger partial charge in [-0.15, -0.1) is 0 Å². The molecule has 0 radical (unpaired) electrons. The lowest BCUT2D eigenvalue weighted by atomic mass is 10.1. The lowest BCUT2D eigenvalue weighted by Gasteiger charge is -2.23. The molecule has 1 fully saturated rings. The molecule has 4 N–H and O–H groups in total. The quantitative estimate of drug-likeness (QED) is 0.580. The van der Waals surface area contributed by atoms with Gasteiger partial charge in [-0.25, -0.2) is 0 Å². The van der Waals surface area contributed by atoms with E-state index < -0.39 is 0 Å². The Morgan fingerprint density at radius 1 is 1.45 bits per heavy atom. The molecule has 0 amide bonds. The molecule has 3 rings (SSSR count). The summed E-state index contributed by atoms with van der Waals surface area (Å²) in [5.74, 6) is 0.326. The third-order valence-corrected chi connectivity index (χ3v) is 3.90. The van der Waals surface area contributed by atoms with E-state index in [1.54, 1.807) is 6.20 Å². The van der Waals surface area contributed by atoms with Gasteiger partial charge in [-0.1, -0.05) is 18.2 Å². The van der Waals surface area contributed by atoms with Gasteiger partial charge in [0, 0.05) is 37.2 Å². The van der Waals surface area contributed by atoms with Gasteiger partial charge in [0.15, 0.2) is 0 Å². The fourth-order valence-corrected chi connectivity index (χ4v) is 2.85. The van der Waals surface area contributed by atoms with Crippen LogP contribution in [-0.4, -0.2) is 35.6 Å². The van der Waals surface area contributed by atoms with Gasteiger partial charge in [-0.2, -0.15) is 0 Å². The van der Waals surface area contributed by atoms with Gasteiger partial charge in [0.2, 0.25) is 0 Å². The van der Waals surface area contributed by atoms with Crippen LogP contribution in [0.5, 0.6) is 0 Å². The number of aliphatic hydroxyl groups is 1. The number of amidine groups is 1. The first kappa shape index (κ1) is 12.9. The molecule has 1 aliphatic heterocycles. The minimum atomic E-state index is 0.0331. The fourth-order valence-electron chi connectivity index (χ4n) is 2.85. The summed E-state index contributed by atoms with van der Waals surface area (Å²) in [5, 5.41) is 18.1. The topological polar surface area (TPSA) is 86.2 Å². The number of aromatic nitrogens is 1. The van der Waals surface area contributed by atoms with Crippen LogP contribution in [0.25, 0.3) is 10.9 Å². The van der Waals surface area contributed by atoms with Gasteiger partial charge in [0.1, 0.15) is 5.84 Å². The zero-order valence-electron chi connectivity index (χ0n) is 11.2. The lowest BCUT2D eigenvalue weighted by molar-refractivity contribution is 0.238. The minimum Gasteiger partial charge on any atom is -0.396 e. The molecule has 104 valence electrons. The van der Waals surface area contributed by atoms with Crippen molar-refractivity contribution in [3.63, 3.8) is 0 Å². The molecule has 1 aromatic carbocycles. The van der Waals surface area contributed by atoms with Crippen LogP contribution in [0.4, 0.5) is 5.69 Å². The summed E-state index contributed by atoms with van der Waals surface area (Å²) in [6.07, 6.45) is 2.64. The van der Waals surface area contributed by atoms with Crippen LogP contribution in [0.2, 0.25) is 0 Å². The van der Waals surface area contributed by atoms with E-state index in [1.807, 2.05) is 24.3 Å². The number of hydrogen-bond acceptors (Lipinski definition) is 4. The zero-order chi connectivity index (χ0) is 14.1. The Hall–Kier alpha value is -2.14. The summed E-state index contributed by atoms with van der Waals surface area (Å²) in [5.41, 5.74) is 8.25. The molecule has 2 aromatic rings. The predicted molar refractivity (Wildman–Crippen MR) is 80.2 cm³/mol. The first-order valence-electron chi connectivity index (χ1n) is 6.78. The Balaban J connectivity index is 2.15. The maximum absolute atomic E-state index is 9.32. The van der Waals surface area contributed by atoms with E-state index in [0.717, 1.165) is 36.1 Å². The van der Waals surface area contributed by atoms with E-state index in [1.165, 1.54) is 0 Å². The number of nitrogens with zero attached hydrogens (tertiary/aromatic N) is 2. The van der Waals surface area contributed by atoms with Gasteiger partial charge in [-0.05, 0) is 12.5 Å². The molecule has 0 aliphatic carbocycles. The first-order chi connectivity index (χ1) is 9.70. The second-order valence-corrected chi connectivity index (χ2v) is 5.23. The number of anilines is 1. The first-order valence-corrected chi connectivity index (χ1v) is 6.78. The van der Waals surface area contributed by atoms with Gasteiger partial charge in [-0.3, -0.25) is 10.4 Å². The summed E-state index contributed by atoms with van der Waals surface area (Å²) < 4.78 is 0. The summed E-state index contributed by atoms with van der Waals surface area (Å²) in [7, 11) is 0. The number of pyridine rings is 1. The zero-order valence-corrected chi connectivity index (χ0v) is 11.2. The molecule has 1 saturated heterocycles. The van der Waals surface area contributed by atoms with Crippen molar-refractivity contribution in [2.45, 2.75) is 6.42 Å². The van der Waals surface area contributed by atoms with E-state index in [9.17, 15) is 5.11 Å². The maximum atomic E-state index is 9.32. The molecule has 1 aromatic heterocycles. The Labute approximate surface area is 117 Å². The van der Waals surface area contributed by atoms with E-state index in [-0.39, 0.29) is 12.4 Å². The van der Waals surface area contributed by atoms with Crippen LogP contribution < -0.4 is 10.6 Å². The van der Waals surface area contributed by atoms with Gasteiger partial charge >= 0.3 is 0 Å². The number of nitrogens with two attached hydrogens (primary N) is 1. The molecule has 0 saturated carbocycles. The molecule has 2 heterocycles. The standard InChI is InChI=1S/C15H18N4O/c16-15(17)12-7-18-13-4-2-1-3-11(13)14(12)19-6-5-10(8-19)9-20/h1-4,7,10,20H,5-6,8-9H2,(H3,16,17). The highest BCUT2D eigenvalue weighted by molar-refractivity contribution is 6.07. The fraction of sp³-hybridized carbons (Fsp3) is 0.333. The Bertz CT molecular complexity index is 655. The van der Waals surface area contributed by atoms with Crippen LogP contribution in [0.1, 0.15) is 12.0 Å². The second-order valence-electron chi connectivity index (χ2n) is 5.23. The lowest BCUT2D eigenvalue weighted by Crippen LogP contribution is -2.25. The highest BCUT2D eigenvalue weighted by Gasteiger charge is 2.26. The van der Waals surface area contributed by atoms with Crippen molar-refractivity contribution >= 4 is 22.4 Å². The molecular formula is C15H18N4O. The van der Waals surface area contributed by atoms with Crippen molar-refractivity contribution in [2.75, 3.05) is 24.6 Å². The number of fused-ring (bicyclic) bond motifs is 1. The van der Waals surface area contributed by atoms with Crippen molar-refractivity contribution in [1.82, 2.24) is 4.98 Å². The smallest absolute Gasteiger partial charge is 0.126 e. The molecule has 5 heteroatoms. The van der Waals surface area contributed by atoms with Crippen LogP contribution >= 0.6 is 0 Å². The number of rotatable bonds is 3. The van der Waals surface area contributed by atoms with Gasteiger partial charge in [0.05, 0.1) is 16.8 Å². The Morgan fingerprint density at radius 2 is 2.25 bits per heavy atom. The van der Waals surface area contributed by atoms with E-state index in [0.29, 0.717) is 11.5 Å². The molecule has 20 heavy (non-hydrogen) atoms. The Kier molecular flexibility index (Phi) is 3.28. The average Bonchev–Trinajstić information content (AvgIpc) is 2.94. The Morgan fingerprint density at radius 3 is 2.95 bits per heavy atom. The molecule has 0 bridgehead atoms. The van der Waals surface area contributed by atoms with Gasteiger partial charge < -0.3 is 15.7 Å². The molecule has 1 aliphatic rings. The molecule has 0 spiro atoms. The highest BCUT2D eigenvalue weighted by atomic mass is 16.3. The van der Waals surface area contributed by atoms with Crippen molar-refractivity contribution in [3.05, 3.63) is 36.0 Å². The molecule has 1 atom stereocenters. The third kappa shape index (κ3) is 2.10. The van der Waals surface area contributed by atoms with Crippen LogP contribution in [0.3, 0.4) is 0 Å². The normalized spacial score (nSPS) is 18.6. The largest absolute Gasteiger partial charge is 0.396 e.